The number of carbonyl (C=O) groups excluding carboxylic acids is 1. The van der Waals surface area contributed by atoms with Gasteiger partial charge in [-0.05, 0) is 48.3 Å². The van der Waals surface area contributed by atoms with Crippen LogP contribution in [0, 0.1) is 5.41 Å². The van der Waals surface area contributed by atoms with Gasteiger partial charge >= 0.3 is 0 Å². The lowest BCUT2D eigenvalue weighted by Gasteiger charge is -2.35. The molecule has 2 aliphatic rings. The highest BCUT2D eigenvalue weighted by Gasteiger charge is 2.28. The molecule has 0 aromatic heterocycles. The Labute approximate surface area is 131 Å². The standard InChI is InChI=1S/C17H24N2OS/c1-17(2)10-14(11-21-12-17)18-13-5-7-15(8-6-13)19-9-3-4-16(19)20/h5-8,14,18H,3-4,9-12H2,1-2H3. The molecule has 0 saturated carbocycles. The molecule has 3 nitrogen and oxygen atoms in total. The Morgan fingerprint density at radius 1 is 1.29 bits per heavy atom. The zero-order valence-electron chi connectivity index (χ0n) is 12.9. The van der Waals surface area contributed by atoms with Crippen molar-refractivity contribution in [3.05, 3.63) is 24.3 Å². The van der Waals surface area contributed by atoms with Crippen LogP contribution in [0.1, 0.15) is 33.1 Å². The molecule has 1 N–H and O–H groups in total. The average molecular weight is 304 g/mol. The second kappa shape index (κ2) is 5.91. The number of carbonyl (C=O) groups is 1. The topological polar surface area (TPSA) is 32.3 Å². The molecular weight excluding hydrogens is 280 g/mol. The molecule has 4 heteroatoms. The van der Waals surface area contributed by atoms with Crippen molar-refractivity contribution >= 4 is 29.0 Å². The summed E-state index contributed by atoms with van der Waals surface area (Å²) in [5.41, 5.74) is 2.61. The Hall–Kier alpha value is -1.16. The predicted molar refractivity (Wildman–Crippen MR) is 91.2 cm³/mol. The number of nitrogens with zero attached hydrogens (tertiary/aromatic N) is 1. The van der Waals surface area contributed by atoms with E-state index >= 15 is 0 Å². The van der Waals surface area contributed by atoms with E-state index in [2.05, 4.69) is 43.4 Å². The van der Waals surface area contributed by atoms with Crippen LogP contribution in [0.4, 0.5) is 11.4 Å². The molecule has 1 unspecified atom stereocenters. The van der Waals surface area contributed by atoms with Crippen molar-refractivity contribution in [3.63, 3.8) is 0 Å². The van der Waals surface area contributed by atoms with Gasteiger partial charge in [-0.15, -0.1) is 0 Å². The van der Waals surface area contributed by atoms with Gasteiger partial charge in [-0.2, -0.15) is 11.8 Å². The van der Waals surface area contributed by atoms with Crippen LogP contribution in [0.5, 0.6) is 0 Å². The summed E-state index contributed by atoms with van der Waals surface area (Å²) < 4.78 is 0. The predicted octanol–water partition coefficient (Wildman–Crippen LogP) is 3.76. The minimum atomic E-state index is 0.251. The monoisotopic (exact) mass is 304 g/mol. The maximum atomic E-state index is 11.8. The number of nitrogens with one attached hydrogen (secondary N) is 1. The van der Waals surface area contributed by atoms with Crippen molar-refractivity contribution < 1.29 is 4.79 Å². The summed E-state index contributed by atoms with van der Waals surface area (Å²) in [7, 11) is 0. The first kappa shape index (κ1) is 14.8. The third kappa shape index (κ3) is 3.54. The summed E-state index contributed by atoms with van der Waals surface area (Å²) >= 11 is 2.04. The van der Waals surface area contributed by atoms with Crippen LogP contribution in [0.25, 0.3) is 0 Å². The number of thioether (sulfide) groups is 1. The maximum Gasteiger partial charge on any atom is 0.227 e. The molecule has 2 saturated heterocycles. The van der Waals surface area contributed by atoms with E-state index in [0.29, 0.717) is 17.9 Å². The van der Waals surface area contributed by atoms with Crippen molar-refractivity contribution in [1.82, 2.24) is 0 Å². The van der Waals surface area contributed by atoms with Gasteiger partial charge in [-0.3, -0.25) is 4.79 Å². The number of anilines is 2. The van der Waals surface area contributed by atoms with E-state index in [4.69, 9.17) is 0 Å². The van der Waals surface area contributed by atoms with Crippen molar-refractivity contribution in [2.75, 3.05) is 28.3 Å². The second-order valence-corrected chi connectivity index (χ2v) is 7.95. The molecule has 3 rings (SSSR count). The molecule has 1 amide bonds. The van der Waals surface area contributed by atoms with Crippen LogP contribution in [0.3, 0.4) is 0 Å². The van der Waals surface area contributed by atoms with Crippen molar-refractivity contribution in [2.24, 2.45) is 5.41 Å². The summed E-state index contributed by atoms with van der Waals surface area (Å²) in [6.45, 7) is 5.55. The zero-order valence-corrected chi connectivity index (χ0v) is 13.7. The van der Waals surface area contributed by atoms with E-state index in [1.54, 1.807) is 0 Å². The number of hydrogen-bond donors (Lipinski definition) is 1. The molecule has 2 fully saturated rings. The van der Waals surface area contributed by atoms with Crippen LogP contribution >= 0.6 is 11.8 Å². The van der Waals surface area contributed by atoms with Crippen LogP contribution in [-0.2, 0) is 4.79 Å². The molecule has 0 aliphatic carbocycles. The third-order valence-corrected chi connectivity index (χ3v) is 5.86. The van der Waals surface area contributed by atoms with Gasteiger partial charge in [0.25, 0.3) is 0 Å². The Kier molecular flexibility index (Phi) is 4.16. The molecule has 2 heterocycles. The minimum absolute atomic E-state index is 0.251. The molecule has 114 valence electrons. The SMILES string of the molecule is CC1(C)CSCC(Nc2ccc(N3CCCC3=O)cc2)C1. The first-order valence-corrected chi connectivity index (χ1v) is 8.94. The highest BCUT2D eigenvalue weighted by Crippen LogP contribution is 2.35. The van der Waals surface area contributed by atoms with Gasteiger partial charge in [0.05, 0.1) is 0 Å². The lowest BCUT2D eigenvalue weighted by Crippen LogP contribution is -2.35. The molecule has 0 bridgehead atoms. The van der Waals surface area contributed by atoms with Crippen molar-refractivity contribution in [3.8, 4) is 0 Å². The number of amides is 1. The van der Waals surface area contributed by atoms with Gasteiger partial charge in [0.1, 0.15) is 0 Å². The second-order valence-electron chi connectivity index (χ2n) is 6.92. The molecule has 1 atom stereocenters. The summed E-state index contributed by atoms with van der Waals surface area (Å²) in [6.07, 6.45) is 2.88. The van der Waals surface area contributed by atoms with E-state index < -0.39 is 0 Å². The quantitative estimate of drug-likeness (QED) is 0.923. The normalized spacial score (nSPS) is 25.1. The molecule has 0 radical (unpaired) electrons. The molecule has 0 spiro atoms. The molecule has 1 aromatic carbocycles. The fourth-order valence-corrected chi connectivity index (χ4v) is 4.52. The fourth-order valence-electron chi connectivity index (χ4n) is 3.25. The average Bonchev–Trinajstić information content (AvgIpc) is 2.85. The van der Waals surface area contributed by atoms with Gasteiger partial charge in [0, 0.05) is 36.1 Å². The Bertz CT molecular complexity index is 512. The number of rotatable bonds is 3. The first-order chi connectivity index (χ1) is 10.0. The zero-order chi connectivity index (χ0) is 14.9. The Balaban J connectivity index is 1.63. The fraction of sp³-hybridized carbons (Fsp3) is 0.588. The maximum absolute atomic E-state index is 11.8. The molecule has 21 heavy (non-hydrogen) atoms. The first-order valence-electron chi connectivity index (χ1n) is 7.78. The third-order valence-electron chi connectivity index (χ3n) is 4.23. The summed E-state index contributed by atoms with van der Waals surface area (Å²) in [4.78, 5) is 13.6. The van der Waals surface area contributed by atoms with Gasteiger partial charge in [0.2, 0.25) is 5.91 Å². The van der Waals surface area contributed by atoms with Gasteiger partial charge in [-0.1, -0.05) is 13.8 Å². The van der Waals surface area contributed by atoms with E-state index in [0.717, 1.165) is 24.3 Å². The summed E-state index contributed by atoms with van der Waals surface area (Å²) in [5, 5.41) is 3.64. The van der Waals surface area contributed by atoms with Crippen molar-refractivity contribution in [2.45, 2.75) is 39.2 Å². The van der Waals surface area contributed by atoms with Crippen molar-refractivity contribution in [1.29, 1.82) is 0 Å². The number of hydrogen-bond acceptors (Lipinski definition) is 3. The molecule has 2 aliphatic heterocycles. The van der Waals surface area contributed by atoms with E-state index in [-0.39, 0.29) is 5.91 Å². The van der Waals surface area contributed by atoms with Gasteiger partial charge in [-0.25, -0.2) is 0 Å². The molecular formula is C17H24N2OS. The number of benzene rings is 1. The van der Waals surface area contributed by atoms with E-state index in [9.17, 15) is 4.79 Å². The molecule has 1 aromatic rings. The van der Waals surface area contributed by atoms with Crippen LogP contribution < -0.4 is 10.2 Å². The summed E-state index contributed by atoms with van der Waals surface area (Å²) in [5.74, 6) is 2.68. The lowest BCUT2D eigenvalue weighted by molar-refractivity contribution is -0.117. The van der Waals surface area contributed by atoms with Gasteiger partial charge in [0.15, 0.2) is 0 Å². The highest BCUT2D eigenvalue weighted by atomic mass is 32.2. The Morgan fingerprint density at radius 3 is 2.67 bits per heavy atom. The summed E-state index contributed by atoms with van der Waals surface area (Å²) in [6, 6.07) is 8.87. The smallest absolute Gasteiger partial charge is 0.227 e. The van der Waals surface area contributed by atoms with Crippen LogP contribution in [0.15, 0.2) is 24.3 Å². The van der Waals surface area contributed by atoms with E-state index in [1.807, 2.05) is 16.7 Å². The largest absolute Gasteiger partial charge is 0.381 e. The lowest BCUT2D eigenvalue weighted by atomic mass is 9.88. The minimum Gasteiger partial charge on any atom is -0.381 e. The highest BCUT2D eigenvalue weighted by molar-refractivity contribution is 7.99. The van der Waals surface area contributed by atoms with E-state index in [1.165, 1.54) is 17.9 Å². The van der Waals surface area contributed by atoms with Gasteiger partial charge < -0.3 is 10.2 Å². The van der Waals surface area contributed by atoms with Crippen LogP contribution in [0.2, 0.25) is 0 Å². The Morgan fingerprint density at radius 2 is 2.05 bits per heavy atom. The van der Waals surface area contributed by atoms with Crippen LogP contribution in [-0.4, -0.2) is 30.0 Å².